The molecular formula is C18H16N4O2S2. The molecule has 0 saturated carbocycles. The minimum atomic E-state index is -0.179. The molecular weight excluding hydrogens is 368 g/mol. The number of carbonyl (C=O) groups is 1. The maximum Gasteiger partial charge on any atom is 0.269 e. The monoisotopic (exact) mass is 384 g/mol. The highest BCUT2D eigenvalue weighted by Gasteiger charge is 2.29. The van der Waals surface area contributed by atoms with Crippen molar-refractivity contribution < 1.29 is 9.21 Å². The van der Waals surface area contributed by atoms with Crippen LogP contribution in [0, 0.1) is 12.8 Å². The summed E-state index contributed by atoms with van der Waals surface area (Å²) in [4.78, 5) is 18.1. The summed E-state index contributed by atoms with van der Waals surface area (Å²) in [6.07, 6.45) is 5.44. The van der Waals surface area contributed by atoms with Gasteiger partial charge in [-0.3, -0.25) is 4.79 Å². The Morgan fingerprint density at radius 3 is 2.73 bits per heavy atom. The number of aryl methyl sites for hydroxylation is 1. The Labute approximate surface area is 158 Å². The lowest BCUT2D eigenvalue weighted by molar-refractivity contribution is 0.103. The smallest absolute Gasteiger partial charge is 0.269 e. The van der Waals surface area contributed by atoms with Crippen LogP contribution in [0.2, 0.25) is 0 Å². The number of thioether (sulfide) groups is 1. The second kappa shape index (κ2) is 7.05. The van der Waals surface area contributed by atoms with Gasteiger partial charge in [-0.1, -0.05) is 29.6 Å². The first-order valence-electron chi connectivity index (χ1n) is 8.10. The van der Waals surface area contributed by atoms with Gasteiger partial charge in [-0.2, -0.15) is 0 Å². The second-order valence-corrected chi connectivity index (χ2v) is 7.97. The highest BCUT2D eigenvalue weighted by atomic mass is 32.2. The van der Waals surface area contributed by atoms with E-state index in [-0.39, 0.29) is 5.91 Å². The number of allylic oxidation sites excluding steroid dienone is 1. The molecule has 1 aliphatic rings. The van der Waals surface area contributed by atoms with Crippen molar-refractivity contribution >= 4 is 39.8 Å². The predicted octanol–water partition coefficient (Wildman–Crippen LogP) is 4.55. The molecule has 0 saturated heterocycles. The summed E-state index contributed by atoms with van der Waals surface area (Å²) in [6, 6.07) is 7.95. The van der Waals surface area contributed by atoms with E-state index in [2.05, 4.69) is 32.9 Å². The summed E-state index contributed by atoms with van der Waals surface area (Å²) >= 11 is 2.85. The van der Waals surface area contributed by atoms with Gasteiger partial charge in [-0.15, -0.1) is 16.9 Å². The van der Waals surface area contributed by atoms with Gasteiger partial charge in [-0.05, 0) is 42.1 Å². The molecule has 4 rings (SSSR count). The lowest BCUT2D eigenvalue weighted by Crippen LogP contribution is -2.11. The Morgan fingerprint density at radius 1 is 1.27 bits per heavy atom. The number of nitrogens with zero attached hydrogens (tertiary/aromatic N) is 3. The third kappa shape index (κ3) is 3.30. The molecule has 0 spiro atoms. The molecule has 132 valence electrons. The number of hydrogen-bond acceptors (Lipinski definition) is 7. The molecule has 3 aromatic rings. The number of amides is 1. The lowest BCUT2D eigenvalue weighted by atomic mass is 10.00. The van der Waals surface area contributed by atoms with Crippen molar-refractivity contribution in [3.8, 4) is 0 Å². The van der Waals surface area contributed by atoms with Gasteiger partial charge in [0.05, 0.1) is 16.8 Å². The number of aromatic nitrogens is 3. The Morgan fingerprint density at radius 2 is 2.08 bits per heavy atom. The van der Waals surface area contributed by atoms with Crippen molar-refractivity contribution in [2.45, 2.75) is 19.1 Å². The van der Waals surface area contributed by atoms with E-state index in [0.29, 0.717) is 27.6 Å². The highest BCUT2D eigenvalue weighted by molar-refractivity contribution is 8.08. The zero-order valence-electron chi connectivity index (χ0n) is 14.2. The van der Waals surface area contributed by atoms with Gasteiger partial charge in [-0.25, -0.2) is 4.98 Å². The number of rotatable bonds is 4. The summed E-state index contributed by atoms with van der Waals surface area (Å²) in [5, 5.41) is 7.06. The van der Waals surface area contributed by atoms with Crippen molar-refractivity contribution in [3.05, 3.63) is 64.8 Å². The predicted molar refractivity (Wildman–Crippen MR) is 103 cm³/mol. The molecule has 6 nitrogen and oxygen atoms in total. The van der Waals surface area contributed by atoms with Crippen LogP contribution < -0.4 is 5.32 Å². The van der Waals surface area contributed by atoms with E-state index in [1.807, 2.05) is 24.3 Å². The molecule has 3 heterocycles. The number of nitrogens with one attached hydrogen (secondary N) is 1. The Balaban J connectivity index is 1.45. The first-order chi connectivity index (χ1) is 12.6. The fourth-order valence-electron chi connectivity index (χ4n) is 2.83. The summed E-state index contributed by atoms with van der Waals surface area (Å²) in [5.41, 5.74) is 2.60. The molecule has 1 amide bonds. The van der Waals surface area contributed by atoms with E-state index >= 15 is 0 Å². The van der Waals surface area contributed by atoms with Gasteiger partial charge in [0, 0.05) is 10.9 Å². The SMILES string of the molecule is Cc1nnsc1C(=O)Nc1ccc(C2SC(c3ncco3)=CC2C)cc1. The average molecular weight is 384 g/mol. The number of carbonyl (C=O) groups excluding carboxylic acids is 1. The molecule has 0 aliphatic carbocycles. The molecule has 0 bridgehead atoms. The van der Waals surface area contributed by atoms with E-state index in [1.165, 1.54) is 5.56 Å². The standard InChI is InChI=1S/C18H16N4O2S2/c1-10-9-14(18-19-7-8-24-18)25-15(10)12-3-5-13(6-4-12)20-17(23)16-11(2)21-22-26-16/h3-10,15H,1-2H3,(H,20,23). The van der Waals surface area contributed by atoms with E-state index in [1.54, 1.807) is 31.1 Å². The molecule has 1 aliphatic heterocycles. The zero-order chi connectivity index (χ0) is 18.1. The third-order valence-electron chi connectivity index (χ3n) is 4.14. The fourth-order valence-corrected chi connectivity index (χ4v) is 4.74. The minimum absolute atomic E-state index is 0.179. The first kappa shape index (κ1) is 17.0. The summed E-state index contributed by atoms with van der Waals surface area (Å²) in [7, 11) is 0. The fraction of sp³-hybridized carbons (Fsp3) is 0.222. The van der Waals surface area contributed by atoms with Crippen LogP contribution in [0.25, 0.3) is 4.91 Å². The normalized spacial score (nSPS) is 19.4. The van der Waals surface area contributed by atoms with Crippen molar-refractivity contribution in [1.82, 2.24) is 14.6 Å². The Bertz CT molecular complexity index is 948. The quantitative estimate of drug-likeness (QED) is 0.711. The molecule has 0 radical (unpaired) electrons. The van der Waals surface area contributed by atoms with Crippen LogP contribution >= 0.6 is 23.3 Å². The first-order valence-corrected chi connectivity index (χ1v) is 9.76. The lowest BCUT2D eigenvalue weighted by Gasteiger charge is -2.15. The van der Waals surface area contributed by atoms with E-state index < -0.39 is 0 Å². The van der Waals surface area contributed by atoms with E-state index in [0.717, 1.165) is 22.1 Å². The van der Waals surface area contributed by atoms with Gasteiger partial charge in [0.1, 0.15) is 11.1 Å². The van der Waals surface area contributed by atoms with Crippen molar-refractivity contribution in [3.63, 3.8) is 0 Å². The summed E-state index contributed by atoms with van der Waals surface area (Å²) < 4.78 is 9.20. The minimum Gasteiger partial charge on any atom is -0.444 e. The summed E-state index contributed by atoms with van der Waals surface area (Å²) in [5.74, 6) is 0.858. The molecule has 2 atom stereocenters. The molecule has 2 unspecified atom stereocenters. The van der Waals surface area contributed by atoms with Gasteiger partial charge < -0.3 is 9.73 Å². The zero-order valence-corrected chi connectivity index (χ0v) is 15.8. The average Bonchev–Trinajstić information content (AvgIpc) is 3.36. The van der Waals surface area contributed by atoms with Crippen LogP contribution in [0.15, 0.2) is 47.2 Å². The second-order valence-electron chi connectivity index (χ2n) is 6.03. The summed E-state index contributed by atoms with van der Waals surface area (Å²) in [6.45, 7) is 3.96. The number of anilines is 1. The number of benzene rings is 1. The van der Waals surface area contributed by atoms with Crippen LogP contribution in [0.3, 0.4) is 0 Å². The number of hydrogen-bond donors (Lipinski definition) is 1. The van der Waals surface area contributed by atoms with Crippen LogP contribution in [0.1, 0.15) is 39.0 Å². The molecule has 1 aromatic carbocycles. The van der Waals surface area contributed by atoms with Crippen LogP contribution in [0.5, 0.6) is 0 Å². The van der Waals surface area contributed by atoms with Gasteiger partial charge in [0.15, 0.2) is 0 Å². The molecule has 8 heteroatoms. The van der Waals surface area contributed by atoms with Crippen molar-refractivity contribution in [2.24, 2.45) is 5.92 Å². The molecule has 2 aromatic heterocycles. The van der Waals surface area contributed by atoms with Gasteiger partial charge >= 0.3 is 0 Å². The van der Waals surface area contributed by atoms with E-state index in [4.69, 9.17) is 4.42 Å². The van der Waals surface area contributed by atoms with Crippen molar-refractivity contribution in [1.29, 1.82) is 0 Å². The Hall–Kier alpha value is -2.45. The Kier molecular flexibility index (Phi) is 4.60. The molecule has 26 heavy (non-hydrogen) atoms. The van der Waals surface area contributed by atoms with Gasteiger partial charge in [0.2, 0.25) is 5.89 Å². The largest absolute Gasteiger partial charge is 0.444 e. The van der Waals surface area contributed by atoms with Crippen LogP contribution in [-0.2, 0) is 0 Å². The molecule has 1 N–H and O–H groups in total. The number of oxazole rings is 1. The van der Waals surface area contributed by atoms with E-state index in [9.17, 15) is 4.79 Å². The maximum absolute atomic E-state index is 12.3. The van der Waals surface area contributed by atoms with Crippen molar-refractivity contribution in [2.75, 3.05) is 5.32 Å². The third-order valence-corrected chi connectivity index (χ3v) is 6.49. The molecule has 0 fully saturated rings. The maximum atomic E-state index is 12.3. The van der Waals surface area contributed by atoms with Crippen LogP contribution in [-0.4, -0.2) is 20.5 Å². The topological polar surface area (TPSA) is 80.9 Å². The van der Waals surface area contributed by atoms with Gasteiger partial charge in [0.25, 0.3) is 5.91 Å². The highest BCUT2D eigenvalue weighted by Crippen LogP contribution is 2.50. The van der Waals surface area contributed by atoms with Crippen LogP contribution in [0.4, 0.5) is 5.69 Å².